The van der Waals surface area contributed by atoms with Crippen molar-refractivity contribution in [3.8, 4) is 0 Å². The molecule has 1 fully saturated rings. The molecule has 1 aliphatic carbocycles. The molecule has 0 spiro atoms. The maximum absolute atomic E-state index is 13.0. The second-order valence-electron chi connectivity index (χ2n) is 3.20. The van der Waals surface area contributed by atoms with Crippen molar-refractivity contribution in [3.05, 3.63) is 12.0 Å². The third-order valence-corrected chi connectivity index (χ3v) is 2.21. The number of rotatable bonds is 2. The van der Waals surface area contributed by atoms with Crippen molar-refractivity contribution in [1.82, 2.24) is 9.97 Å². The molecule has 0 unspecified atom stereocenters. The van der Waals surface area contributed by atoms with E-state index in [0.717, 1.165) is 19.0 Å². The molecular weight excluding hydrogens is 171 g/mol. The lowest BCUT2D eigenvalue weighted by Crippen LogP contribution is -2.28. The van der Waals surface area contributed by atoms with Crippen molar-refractivity contribution < 1.29 is 4.39 Å². The fraction of sp³-hybridized carbons (Fsp3) is 0.500. The van der Waals surface area contributed by atoms with Crippen LogP contribution in [0.5, 0.6) is 0 Å². The van der Waals surface area contributed by atoms with Crippen LogP contribution < -0.4 is 11.1 Å². The van der Waals surface area contributed by atoms with Gasteiger partial charge in [0.05, 0.1) is 6.20 Å². The Morgan fingerprint density at radius 3 is 2.92 bits per heavy atom. The van der Waals surface area contributed by atoms with Crippen molar-refractivity contribution in [2.24, 2.45) is 0 Å². The molecule has 0 amide bonds. The average molecular weight is 182 g/mol. The molecule has 0 atom stereocenters. The second kappa shape index (κ2) is 3.16. The van der Waals surface area contributed by atoms with Crippen LogP contribution in [0, 0.1) is 5.82 Å². The molecule has 0 bridgehead atoms. The number of nitrogens with two attached hydrogens (primary N) is 1. The van der Waals surface area contributed by atoms with Crippen LogP contribution in [-0.2, 0) is 0 Å². The van der Waals surface area contributed by atoms with Crippen LogP contribution in [0.2, 0.25) is 0 Å². The highest BCUT2D eigenvalue weighted by Crippen LogP contribution is 2.23. The summed E-state index contributed by atoms with van der Waals surface area (Å²) < 4.78 is 13.0. The number of hydrogen-bond acceptors (Lipinski definition) is 4. The third-order valence-electron chi connectivity index (χ3n) is 2.21. The first-order valence-electron chi connectivity index (χ1n) is 4.30. The zero-order valence-corrected chi connectivity index (χ0v) is 7.13. The van der Waals surface area contributed by atoms with Gasteiger partial charge in [-0.05, 0) is 19.3 Å². The lowest BCUT2D eigenvalue weighted by molar-refractivity contribution is 0.441. The Balaban J connectivity index is 2.13. The van der Waals surface area contributed by atoms with Crippen molar-refractivity contribution in [2.45, 2.75) is 25.3 Å². The molecule has 2 rings (SSSR count). The Bertz CT molecular complexity index is 311. The first-order valence-corrected chi connectivity index (χ1v) is 4.30. The minimum atomic E-state index is -0.443. The number of aromatic nitrogens is 2. The summed E-state index contributed by atoms with van der Waals surface area (Å²) in [7, 11) is 0. The molecular formula is C8H11FN4. The minimum Gasteiger partial charge on any atom is -0.368 e. The number of hydrogen-bond donors (Lipinski definition) is 2. The van der Waals surface area contributed by atoms with Gasteiger partial charge in [-0.3, -0.25) is 0 Å². The number of halogens is 1. The summed E-state index contributed by atoms with van der Waals surface area (Å²) in [5.74, 6) is -0.124. The monoisotopic (exact) mass is 182 g/mol. The zero-order valence-electron chi connectivity index (χ0n) is 7.13. The van der Waals surface area contributed by atoms with Gasteiger partial charge in [0.1, 0.15) is 0 Å². The summed E-state index contributed by atoms with van der Waals surface area (Å²) in [6, 6.07) is 0.351. The quantitative estimate of drug-likeness (QED) is 0.720. The van der Waals surface area contributed by atoms with Gasteiger partial charge in [0.25, 0.3) is 0 Å². The number of anilines is 2. The largest absolute Gasteiger partial charge is 0.368 e. The zero-order chi connectivity index (χ0) is 9.26. The van der Waals surface area contributed by atoms with E-state index < -0.39 is 5.82 Å². The molecule has 1 aliphatic rings. The number of nitrogens with one attached hydrogen (secondary N) is 1. The van der Waals surface area contributed by atoms with Gasteiger partial charge in [0, 0.05) is 6.04 Å². The van der Waals surface area contributed by atoms with Crippen LogP contribution in [0.25, 0.3) is 0 Å². The SMILES string of the molecule is Nc1ncc(F)c(NC2CCC2)n1. The molecule has 3 N–H and O–H groups in total. The Morgan fingerprint density at radius 2 is 2.31 bits per heavy atom. The van der Waals surface area contributed by atoms with Crippen molar-refractivity contribution in [2.75, 3.05) is 11.1 Å². The molecule has 4 nitrogen and oxygen atoms in total. The van der Waals surface area contributed by atoms with E-state index in [1.165, 1.54) is 6.42 Å². The van der Waals surface area contributed by atoms with Gasteiger partial charge < -0.3 is 11.1 Å². The molecule has 70 valence electrons. The van der Waals surface area contributed by atoms with Crippen molar-refractivity contribution in [3.63, 3.8) is 0 Å². The fourth-order valence-electron chi connectivity index (χ4n) is 1.23. The van der Waals surface area contributed by atoms with Crippen LogP contribution in [0.1, 0.15) is 19.3 Å². The average Bonchev–Trinajstić information content (AvgIpc) is 2.03. The summed E-state index contributed by atoms with van der Waals surface area (Å²) in [5, 5.41) is 2.98. The van der Waals surface area contributed by atoms with Crippen molar-refractivity contribution >= 4 is 11.8 Å². The molecule has 1 aromatic rings. The van der Waals surface area contributed by atoms with Gasteiger partial charge >= 0.3 is 0 Å². The maximum atomic E-state index is 13.0. The van der Waals surface area contributed by atoms with Gasteiger partial charge in [-0.25, -0.2) is 9.37 Å². The second-order valence-corrected chi connectivity index (χ2v) is 3.20. The van der Waals surface area contributed by atoms with E-state index in [-0.39, 0.29) is 11.8 Å². The van der Waals surface area contributed by atoms with Crippen LogP contribution >= 0.6 is 0 Å². The molecule has 1 heterocycles. The van der Waals surface area contributed by atoms with E-state index in [4.69, 9.17) is 5.73 Å². The normalized spacial score (nSPS) is 16.7. The van der Waals surface area contributed by atoms with Crippen LogP contribution in [0.3, 0.4) is 0 Å². The molecule has 0 saturated heterocycles. The molecule has 0 aliphatic heterocycles. The minimum absolute atomic E-state index is 0.100. The van der Waals surface area contributed by atoms with Crippen molar-refractivity contribution in [1.29, 1.82) is 0 Å². The Hall–Kier alpha value is -1.39. The summed E-state index contributed by atoms with van der Waals surface area (Å²) in [6.07, 6.45) is 4.43. The third kappa shape index (κ3) is 1.68. The molecule has 1 saturated carbocycles. The summed E-state index contributed by atoms with van der Waals surface area (Å²) >= 11 is 0. The van der Waals surface area contributed by atoms with Crippen LogP contribution in [0.15, 0.2) is 6.20 Å². The van der Waals surface area contributed by atoms with E-state index in [2.05, 4.69) is 15.3 Å². The van der Waals surface area contributed by atoms with E-state index in [9.17, 15) is 4.39 Å². The van der Waals surface area contributed by atoms with E-state index in [1.54, 1.807) is 0 Å². The van der Waals surface area contributed by atoms with Gasteiger partial charge in [-0.2, -0.15) is 4.98 Å². The van der Waals surface area contributed by atoms with Gasteiger partial charge in [0.2, 0.25) is 5.95 Å². The molecule has 1 aromatic heterocycles. The van der Waals surface area contributed by atoms with E-state index in [0.29, 0.717) is 6.04 Å². The summed E-state index contributed by atoms with van der Waals surface area (Å²) in [5.41, 5.74) is 5.33. The van der Waals surface area contributed by atoms with Crippen LogP contribution in [-0.4, -0.2) is 16.0 Å². The fourth-order valence-corrected chi connectivity index (χ4v) is 1.23. The highest BCUT2D eigenvalue weighted by Gasteiger charge is 2.19. The Morgan fingerprint density at radius 1 is 1.54 bits per heavy atom. The molecule has 13 heavy (non-hydrogen) atoms. The topological polar surface area (TPSA) is 63.8 Å². The molecule has 5 heteroatoms. The first kappa shape index (κ1) is 8.22. The predicted octanol–water partition coefficient (Wildman–Crippen LogP) is 1.16. The van der Waals surface area contributed by atoms with Gasteiger partial charge in [-0.15, -0.1) is 0 Å². The maximum Gasteiger partial charge on any atom is 0.222 e. The lowest BCUT2D eigenvalue weighted by atomic mass is 9.93. The van der Waals surface area contributed by atoms with Crippen LogP contribution in [0.4, 0.5) is 16.2 Å². The summed E-state index contributed by atoms with van der Waals surface area (Å²) in [6.45, 7) is 0. The standard InChI is InChI=1S/C8H11FN4/c9-6-4-11-8(10)13-7(6)12-5-2-1-3-5/h4-5H,1-3H2,(H3,10,11,12,13). The van der Waals surface area contributed by atoms with E-state index >= 15 is 0 Å². The van der Waals surface area contributed by atoms with E-state index in [1.807, 2.05) is 0 Å². The first-order chi connectivity index (χ1) is 6.25. The number of nitrogen functional groups attached to an aromatic ring is 1. The Labute approximate surface area is 75.4 Å². The predicted molar refractivity (Wildman–Crippen MR) is 47.7 cm³/mol. The van der Waals surface area contributed by atoms with Gasteiger partial charge in [-0.1, -0.05) is 0 Å². The lowest BCUT2D eigenvalue weighted by Gasteiger charge is -2.26. The molecule has 0 aromatic carbocycles. The summed E-state index contributed by atoms with van der Waals surface area (Å²) in [4.78, 5) is 7.32. The highest BCUT2D eigenvalue weighted by atomic mass is 19.1. The smallest absolute Gasteiger partial charge is 0.222 e. The number of nitrogens with zero attached hydrogens (tertiary/aromatic N) is 2. The highest BCUT2D eigenvalue weighted by molar-refractivity contribution is 5.40. The van der Waals surface area contributed by atoms with Gasteiger partial charge in [0.15, 0.2) is 11.6 Å². The Kier molecular flexibility index (Phi) is 2.00. The molecule has 0 radical (unpaired) electrons.